The van der Waals surface area contributed by atoms with Crippen LogP contribution in [0.2, 0.25) is 0 Å². The van der Waals surface area contributed by atoms with E-state index in [-0.39, 0.29) is 5.57 Å². The molecule has 0 saturated heterocycles. The van der Waals surface area contributed by atoms with E-state index in [1.54, 1.807) is 0 Å². The molecule has 0 aromatic rings. The fraction of sp³-hybridized carbons (Fsp3) is 0.556. The van der Waals surface area contributed by atoms with Gasteiger partial charge in [-0.3, -0.25) is 0 Å². The minimum Gasteiger partial charge on any atom is -0.449 e. The van der Waals surface area contributed by atoms with E-state index < -0.39 is 12.1 Å². The molecule has 0 heterocycles. The maximum atomic E-state index is 10.8. The van der Waals surface area contributed by atoms with Crippen LogP contribution in [-0.4, -0.2) is 17.2 Å². The van der Waals surface area contributed by atoms with Gasteiger partial charge >= 0.3 is 12.1 Å². The molecule has 0 unspecified atom stereocenters. The molecule has 4 nitrogen and oxygen atoms in total. The third-order valence-electron chi connectivity index (χ3n) is 1.55. The zero-order valence-corrected chi connectivity index (χ0v) is 7.71. The maximum Gasteiger partial charge on any atom is 0.513 e. The van der Waals surface area contributed by atoms with Crippen molar-refractivity contribution in [1.29, 1.82) is 0 Å². The first kappa shape index (κ1) is 11.7. The van der Waals surface area contributed by atoms with Crippen molar-refractivity contribution in [3.05, 3.63) is 12.2 Å². The lowest BCUT2D eigenvalue weighted by Gasteiger charge is -2.01. The predicted molar refractivity (Wildman–Crippen MR) is 47.4 cm³/mol. The van der Waals surface area contributed by atoms with Gasteiger partial charge in [-0.2, -0.15) is 0 Å². The first-order chi connectivity index (χ1) is 6.07. The van der Waals surface area contributed by atoms with Crippen molar-refractivity contribution in [2.24, 2.45) is 0 Å². The average molecular weight is 186 g/mol. The maximum absolute atomic E-state index is 10.8. The third-order valence-corrected chi connectivity index (χ3v) is 1.55. The summed E-state index contributed by atoms with van der Waals surface area (Å²) >= 11 is 0. The van der Waals surface area contributed by atoms with E-state index in [0.29, 0.717) is 6.42 Å². The van der Waals surface area contributed by atoms with Crippen LogP contribution in [0.5, 0.6) is 0 Å². The zero-order chi connectivity index (χ0) is 10.3. The molecule has 0 aliphatic rings. The van der Waals surface area contributed by atoms with Crippen LogP contribution < -0.4 is 0 Å². The number of esters is 1. The van der Waals surface area contributed by atoms with Crippen molar-refractivity contribution in [3.8, 4) is 0 Å². The molecule has 0 bridgehead atoms. The number of hydrogen-bond acceptors (Lipinski definition) is 3. The van der Waals surface area contributed by atoms with E-state index in [1.165, 1.54) is 0 Å². The number of unbranched alkanes of at least 4 members (excludes halogenated alkanes) is 2. The molecule has 0 aliphatic carbocycles. The van der Waals surface area contributed by atoms with Crippen LogP contribution in [0, 0.1) is 0 Å². The van der Waals surface area contributed by atoms with Crippen molar-refractivity contribution in [1.82, 2.24) is 0 Å². The number of carbonyl (C=O) groups is 2. The van der Waals surface area contributed by atoms with Gasteiger partial charge in [-0.15, -0.1) is 0 Å². The highest BCUT2D eigenvalue weighted by Gasteiger charge is 2.11. The van der Waals surface area contributed by atoms with Crippen molar-refractivity contribution >= 4 is 12.1 Å². The number of hydrogen-bond donors (Lipinski definition) is 1. The van der Waals surface area contributed by atoms with Gasteiger partial charge in [0.05, 0.1) is 0 Å². The Morgan fingerprint density at radius 1 is 1.38 bits per heavy atom. The molecule has 0 fully saturated rings. The third kappa shape index (κ3) is 5.90. The molecular formula is C9H14O4. The number of rotatable bonds is 5. The first-order valence-corrected chi connectivity index (χ1v) is 4.20. The Hall–Kier alpha value is -1.32. The lowest BCUT2D eigenvalue weighted by atomic mass is 10.1. The summed E-state index contributed by atoms with van der Waals surface area (Å²) in [6, 6.07) is 0. The summed E-state index contributed by atoms with van der Waals surface area (Å²) in [5.41, 5.74) is 0.218. The Labute approximate surface area is 77.2 Å². The zero-order valence-electron chi connectivity index (χ0n) is 7.71. The Morgan fingerprint density at radius 3 is 2.46 bits per heavy atom. The largest absolute Gasteiger partial charge is 0.513 e. The smallest absolute Gasteiger partial charge is 0.449 e. The van der Waals surface area contributed by atoms with E-state index >= 15 is 0 Å². The molecule has 0 radical (unpaired) electrons. The van der Waals surface area contributed by atoms with Gasteiger partial charge in [0, 0.05) is 5.57 Å². The van der Waals surface area contributed by atoms with Gasteiger partial charge < -0.3 is 9.84 Å². The summed E-state index contributed by atoms with van der Waals surface area (Å²) in [7, 11) is 0. The van der Waals surface area contributed by atoms with Crippen LogP contribution in [0.4, 0.5) is 4.79 Å². The summed E-state index contributed by atoms with van der Waals surface area (Å²) in [5.74, 6) is -0.844. The summed E-state index contributed by atoms with van der Waals surface area (Å²) in [4.78, 5) is 20.8. The van der Waals surface area contributed by atoms with Crippen LogP contribution in [0.1, 0.15) is 32.6 Å². The second kappa shape index (κ2) is 6.22. The molecule has 74 valence electrons. The molecule has 0 aliphatic heterocycles. The molecule has 0 rings (SSSR count). The van der Waals surface area contributed by atoms with Crippen LogP contribution in [0.15, 0.2) is 12.2 Å². The van der Waals surface area contributed by atoms with E-state index in [1.807, 2.05) is 6.92 Å². The van der Waals surface area contributed by atoms with E-state index in [4.69, 9.17) is 5.11 Å². The topological polar surface area (TPSA) is 63.6 Å². The molecule has 0 amide bonds. The average Bonchev–Trinajstić information content (AvgIpc) is 2.03. The van der Waals surface area contributed by atoms with Gasteiger partial charge in [0.25, 0.3) is 0 Å². The van der Waals surface area contributed by atoms with Gasteiger partial charge in [0.1, 0.15) is 0 Å². The second-order valence-electron chi connectivity index (χ2n) is 2.72. The van der Waals surface area contributed by atoms with Gasteiger partial charge in [-0.1, -0.05) is 26.3 Å². The Morgan fingerprint density at radius 2 is 2.00 bits per heavy atom. The van der Waals surface area contributed by atoms with E-state index in [2.05, 4.69) is 11.3 Å². The number of carboxylic acid groups (broad SMARTS) is 1. The van der Waals surface area contributed by atoms with Crippen LogP contribution in [-0.2, 0) is 9.53 Å². The molecule has 0 atom stereocenters. The second-order valence-corrected chi connectivity index (χ2v) is 2.72. The highest BCUT2D eigenvalue weighted by molar-refractivity contribution is 5.93. The summed E-state index contributed by atoms with van der Waals surface area (Å²) in [6.45, 7) is 5.48. The molecule has 13 heavy (non-hydrogen) atoms. The van der Waals surface area contributed by atoms with Gasteiger partial charge in [-0.05, 0) is 12.8 Å². The lowest BCUT2D eigenvalue weighted by molar-refractivity contribution is -0.134. The van der Waals surface area contributed by atoms with Gasteiger partial charge in [0.2, 0.25) is 0 Å². The first-order valence-electron chi connectivity index (χ1n) is 4.20. The number of ether oxygens (including phenoxy) is 1. The van der Waals surface area contributed by atoms with E-state index in [0.717, 1.165) is 19.3 Å². The van der Waals surface area contributed by atoms with Crippen molar-refractivity contribution in [2.45, 2.75) is 32.6 Å². The highest BCUT2D eigenvalue weighted by Crippen LogP contribution is 2.08. The fourth-order valence-corrected chi connectivity index (χ4v) is 0.842. The highest BCUT2D eigenvalue weighted by atomic mass is 16.7. The molecular weight excluding hydrogens is 172 g/mol. The van der Waals surface area contributed by atoms with Crippen LogP contribution >= 0.6 is 0 Å². The quantitative estimate of drug-likeness (QED) is 0.310. The molecule has 1 N–H and O–H groups in total. The van der Waals surface area contributed by atoms with Crippen LogP contribution in [0.25, 0.3) is 0 Å². The molecule has 4 heteroatoms. The van der Waals surface area contributed by atoms with Crippen LogP contribution in [0.3, 0.4) is 0 Å². The summed E-state index contributed by atoms with van der Waals surface area (Å²) in [5, 5.41) is 8.12. The Balaban J connectivity index is 3.70. The van der Waals surface area contributed by atoms with Crippen molar-refractivity contribution in [2.75, 3.05) is 0 Å². The molecule has 0 spiro atoms. The van der Waals surface area contributed by atoms with E-state index in [9.17, 15) is 9.59 Å². The predicted octanol–water partition coefficient (Wildman–Crippen LogP) is 2.34. The molecule has 0 aromatic heterocycles. The summed E-state index contributed by atoms with van der Waals surface area (Å²) < 4.78 is 3.92. The standard InChI is InChI=1S/C9H14O4/c1-3-4-5-6-7(2)8(10)13-9(11)12/h2-6H2,1H3,(H,11,12). The summed E-state index contributed by atoms with van der Waals surface area (Å²) in [6.07, 6.45) is 1.80. The number of carbonyl (C=O) groups excluding carboxylic acids is 1. The Bertz CT molecular complexity index is 208. The minimum atomic E-state index is -1.58. The molecule has 0 aromatic carbocycles. The van der Waals surface area contributed by atoms with Crippen molar-refractivity contribution in [3.63, 3.8) is 0 Å². The Kier molecular flexibility index (Phi) is 5.59. The minimum absolute atomic E-state index is 0.218. The monoisotopic (exact) mass is 186 g/mol. The van der Waals surface area contributed by atoms with Crippen molar-refractivity contribution < 1.29 is 19.4 Å². The lowest BCUT2D eigenvalue weighted by Crippen LogP contribution is -2.11. The molecule has 0 saturated carbocycles. The van der Waals surface area contributed by atoms with Gasteiger partial charge in [0.15, 0.2) is 0 Å². The fourth-order valence-electron chi connectivity index (χ4n) is 0.842. The normalized spacial score (nSPS) is 9.31. The van der Waals surface area contributed by atoms with Gasteiger partial charge in [-0.25, -0.2) is 9.59 Å². The SMILES string of the molecule is C=C(CCCCC)C(=O)OC(=O)O.